The number of carbonyl (C=O) groups excluding carboxylic acids is 1. The van der Waals surface area contributed by atoms with Crippen molar-refractivity contribution >= 4 is 22.4 Å². The van der Waals surface area contributed by atoms with Crippen molar-refractivity contribution in [2.24, 2.45) is 0 Å². The second kappa shape index (κ2) is 5.41. The molecule has 1 heterocycles. The van der Waals surface area contributed by atoms with Gasteiger partial charge in [-0.25, -0.2) is 0 Å². The van der Waals surface area contributed by atoms with Gasteiger partial charge in [0, 0.05) is 5.69 Å². The number of nitrogens with one attached hydrogen (secondary N) is 2. The van der Waals surface area contributed by atoms with Gasteiger partial charge in [0.1, 0.15) is 0 Å². The Morgan fingerprint density at radius 2 is 1.95 bits per heavy atom. The van der Waals surface area contributed by atoms with E-state index in [0.717, 1.165) is 30.5 Å². The van der Waals surface area contributed by atoms with Crippen LogP contribution in [-0.4, -0.2) is 18.5 Å². The van der Waals surface area contributed by atoms with Crippen LogP contribution in [0, 0.1) is 0 Å². The highest BCUT2D eigenvalue weighted by Crippen LogP contribution is 2.19. The molecular formula is C16H18N2O. The van der Waals surface area contributed by atoms with Crippen LogP contribution in [0.4, 0.5) is 5.69 Å². The van der Waals surface area contributed by atoms with Gasteiger partial charge in [0.15, 0.2) is 0 Å². The molecule has 19 heavy (non-hydrogen) atoms. The molecule has 2 N–H and O–H groups in total. The molecule has 1 fully saturated rings. The summed E-state index contributed by atoms with van der Waals surface area (Å²) in [6.45, 7) is 0.940. The quantitative estimate of drug-likeness (QED) is 0.865. The summed E-state index contributed by atoms with van der Waals surface area (Å²) >= 11 is 0. The molecule has 0 unspecified atom stereocenters. The van der Waals surface area contributed by atoms with E-state index in [1.807, 2.05) is 30.3 Å². The van der Waals surface area contributed by atoms with Gasteiger partial charge in [-0.1, -0.05) is 36.8 Å². The van der Waals surface area contributed by atoms with E-state index in [2.05, 4.69) is 22.8 Å². The lowest BCUT2D eigenvalue weighted by atomic mass is 10.0. The van der Waals surface area contributed by atoms with E-state index in [1.165, 1.54) is 11.8 Å². The fourth-order valence-corrected chi connectivity index (χ4v) is 2.57. The molecule has 0 spiro atoms. The van der Waals surface area contributed by atoms with Gasteiger partial charge in [-0.3, -0.25) is 4.79 Å². The van der Waals surface area contributed by atoms with Crippen molar-refractivity contribution < 1.29 is 4.79 Å². The average Bonchev–Trinajstić information content (AvgIpc) is 2.48. The normalized spacial score (nSPS) is 19.3. The number of fused-ring (bicyclic) bond motifs is 1. The van der Waals surface area contributed by atoms with E-state index in [-0.39, 0.29) is 11.9 Å². The summed E-state index contributed by atoms with van der Waals surface area (Å²) in [5.41, 5.74) is 0.871. The van der Waals surface area contributed by atoms with Crippen molar-refractivity contribution in [2.45, 2.75) is 25.3 Å². The van der Waals surface area contributed by atoms with Gasteiger partial charge >= 0.3 is 0 Å². The number of hydrogen-bond donors (Lipinski definition) is 2. The number of anilines is 1. The monoisotopic (exact) mass is 254 g/mol. The predicted octanol–water partition coefficient (Wildman–Crippen LogP) is 2.92. The van der Waals surface area contributed by atoms with Gasteiger partial charge in [-0.2, -0.15) is 0 Å². The highest BCUT2D eigenvalue weighted by molar-refractivity contribution is 5.97. The van der Waals surface area contributed by atoms with Crippen LogP contribution < -0.4 is 10.6 Å². The molecule has 1 amide bonds. The molecule has 0 saturated carbocycles. The zero-order chi connectivity index (χ0) is 13.1. The molecule has 0 aromatic heterocycles. The molecule has 3 rings (SSSR count). The van der Waals surface area contributed by atoms with Crippen LogP contribution in [-0.2, 0) is 4.79 Å². The lowest BCUT2D eigenvalue weighted by molar-refractivity contribution is -0.118. The summed E-state index contributed by atoms with van der Waals surface area (Å²) < 4.78 is 0. The van der Waals surface area contributed by atoms with E-state index in [1.54, 1.807) is 0 Å². The minimum absolute atomic E-state index is 0.0415. The molecule has 1 aliphatic heterocycles. The lowest BCUT2D eigenvalue weighted by Gasteiger charge is -2.22. The maximum atomic E-state index is 12.1. The maximum absolute atomic E-state index is 12.1. The SMILES string of the molecule is O=C(Nc1ccc2ccccc2c1)[C@@H]1CCCCN1. The van der Waals surface area contributed by atoms with E-state index in [0.29, 0.717) is 0 Å². The Morgan fingerprint density at radius 1 is 1.11 bits per heavy atom. The van der Waals surface area contributed by atoms with Gasteiger partial charge in [-0.15, -0.1) is 0 Å². The molecule has 3 heteroatoms. The van der Waals surface area contributed by atoms with Crippen LogP contribution in [0.5, 0.6) is 0 Å². The van der Waals surface area contributed by atoms with E-state index < -0.39 is 0 Å². The van der Waals surface area contributed by atoms with Crippen LogP contribution in [0.3, 0.4) is 0 Å². The van der Waals surface area contributed by atoms with Gasteiger partial charge in [-0.05, 0) is 42.3 Å². The zero-order valence-electron chi connectivity index (χ0n) is 10.9. The van der Waals surface area contributed by atoms with E-state index >= 15 is 0 Å². The van der Waals surface area contributed by atoms with Gasteiger partial charge in [0.2, 0.25) is 5.91 Å². The zero-order valence-corrected chi connectivity index (χ0v) is 10.9. The highest BCUT2D eigenvalue weighted by Gasteiger charge is 2.20. The first-order valence-electron chi connectivity index (χ1n) is 6.86. The predicted molar refractivity (Wildman–Crippen MR) is 78.2 cm³/mol. The van der Waals surface area contributed by atoms with E-state index in [9.17, 15) is 4.79 Å². The third kappa shape index (κ3) is 2.76. The van der Waals surface area contributed by atoms with Crippen LogP contribution in [0.2, 0.25) is 0 Å². The Labute approximate surface area is 113 Å². The Bertz CT molecular complexity index is 588. The first-order chi connectivity index (χ1) is 9.33. The molecule has 0 aliphatic carbocycles. The molecule has 98 valence electrons. The Hall–Kier alpha value is -1.87. The molecule has 3 nitrogen and oxygen atoms in total. The van der Waals surface area contributed by atoms with E-state index in [4.69, 9.17) is 0 Å². The second-order valence-electron chi connectivity index (χ2n) is 5.05. The molecule has 0 radical (unpaired) electrons. The summed E-state index contributed by atoms with van der Waals surface area (Å²) in [5.74, 6) is 0.0787. The first kappa shape index (κ1) is 12.2. The number of benzene rings is 2. The Kier molecular flexibility index (Phi) is 3.47. The number of rotatable bonds is 2. The van der Waals surface area contributed by atoms with Crippen LogP contribution in [0.15, 0.2) is 42.5 Å². The Balaban J connectivity index is 1.75. The molecule has 1 atom stereocenters. The van der Waals surface area contributed by atoms with Crippen molar-refractivity contribution in [2.75, 3.05) is 11.9 Å². The molecule has 2 aromatic rings. The third-order valence-corrected chi connectivity index (χ3v) is 3.64. The van der Waals surface area contributed by atoms with Gasteiger partial charge in [0.25, 0.3) is 0 Å². The minimum atomic E-state index is -0.0415. The number of piperidine rings is 1. The smallest absolute Gasteiger partial charge is 0.241 e. The van der Waals surface area contributed by atoms with Gasteiger partial charge in [0.05, 0.1) is 6.04 Å². The summed E-state index contributed by atoms with van der Waals surface area (Å²) in [5, 5.41) is 8.61. The maximum Gasteiger partial charge on any atom is 0.241 e. The van der Waals surface area contributed by atoms with Crippen molar-refractivity contribution in [1.82, 2.24) is 5.32 Å². The van der Waals surface area contributed by atoms with Crippen molar-refractivity contribution in [3.8, 4) is 0 Å². The lowest BCUT2D eigenvalue weighted by Crippen LogP contribution is -2.43. The summed E-state index contributed by atoms with van der Waals surface area (Å²) in [6.07, 6.45) is 3.22. The molecule has 1 saturated heterocycles. The molecular weight excluding hydrogens is 236 g/mol. The molecule has 2 aromatic carbocycles. The van der Waals surface area contributed by atoms with Crippen molar-refractivity contribution in [3.05, 3.63) is 42.5 Å². The fourth-order valence-electron chi connectivity index (χ4n) is 2.57. The van der Waals surface area contributed by atoms with Crippen molar-refractivity contribution in [3.63, 3.8) is 0 Å². The summed E-state index contributed by atoms with van der Waals surface area (Å²) in [6, 6.07) is 14.1. The topological polar surface area (TPSA) is 41.1 Å². The Morgan fingerprint density at radius 3 is 2.74 bits per heavy atom. The summed E-state index contributed by atoms with van der Waals surface area (Å²) in [7, 11) is 0. The molecule has 1 aliphatic rings. The largest absolute Gasteiger partial charge is 0.325 e. The summed E-state index contributed by atoms with van der Waals surface area (Å²) in [4.78, 5) is 12.1. The number of hydrogen-bond acceptors (Lipinski definition) is 2. The van der Waals surface area contributed by atoms with Crippen LogP contribution >= 0.6 is 0 Å². The van der Waals surface area contributed by atoms with Crippen LogP contribution in [0.1, 0.15) is 19.3 Å². The second-order valence-corrected chi connectivity index (χ2v) is 5.05. The minimum Gasteiger partial charge on any atom is -0.325 e. The third-order valence-electron chi connectivity index (χ3n) is 3.64. The molecule has 0 bridgehead atoms. The van der Waals surface area contributed by atoms with Crippen molar-refractivity contribution in [1.29, 1.82) is 0 Å². The first-order valence-corrected chi connectivity index (χ1v) is 6.86. The van der Waals surface area contributed by atoms with Gasteiger partial charge < -0.3 is 10.6 Å². The highest BCUT2D eigenvalue weighted by atomic mass is 16.2. The number of carbonyl (C=O) groups is 1. The average molecular weight is 254 g/mol. The number of amides is 1. The van der Waals surface area contributed by atoms with Crippen LogP contribution in [0.25, 0.3) is 10.8 Å². The fraction of sp³-hybridized carbons (Fsp3) is 0.312. The standard InChI is InChI=1S/C16H18N2O/c19-16(15-7-3-4-10-17-15)18-14-9-8-12-5-1-2-6-13(12)11-14/h1-2,5-6,8-9,11,15,17H,3-4,7,10H2,(H,18,19)/t15-/m0/s1.